The Morgan fingerprint density at radius 1 is 1.00 bits per heavy atom. The lowest BCUT2D eigenvalue weighted by molar-refractivity contribution is -0.175. The van der Waals surface area contributed by atoms with Gasteiger partial charge in [0.25, 0.3) is 11.8 Å². The lowest BCUT2D eigenvalue weighted by Crippen LogP contribution is -2.37. The SMILES string of the molecule is O=C(ON1C(=O)c2ccccc2C1=O)C1CCCCC1c1cccnc1. The number of carbonyl (C=O) groups is 3. The zero-order valence-corrected chi connectivity index (χ0v) is 14.1. The van der Waals surface area contributed by atoms with E-state index in [9.17, 15) is 14.4 Å². The molecule has 1 aromatic carbocycles. The lowest BCUT2D eigenvalue weighted by atomic mass is 9.76. The van der Waals surface area contributed by atoms with Gasteiger partial charge in [-0.25, -0.2) is 4.79 Å². The van der Waals surface area contributed by atoms with E-state index in [1.165, 1.54) is 0 Å². The fraction of sp³-hybridized carbons (Fsp3) is 0.300. The summed E-state index contributed by atoms with van der Waals surface area (Å²) in [6.07, 6.45) is 6.92. The van der Waals surface area contributed by atoms with Crippen molar-refractivity contribution in [3.63, 3.8) is 0 Å². The summed E-state index contributed by atoms with van der Waals surface area (Å²) in [4.78, 5) is 47.0. The number of nitrogens with zero attached hydrogens (tertiary/aromatic N) is 2. The van der Waals surface area contributed by atoms with E-state index in [2.05, 4.69) is 4.98 Å². The third-order valence-corrected chi connectivity index (χ3v) is 5.12. The van der Waals surface area contributed by atoms with E-state index in [4.69, 9.17) is 4.84 Å². The van der Waals surface area contributed by atoms with E-state index in [0.29, 0.717) is 11.5 Å². The normalized spacial score (nSPS) is 22.2. The Kier molecular flexibility index (Phi) is 4.24. The van der Waals surface area contributed by atoms with E-state index < -0.39 is 23.7 Å². The van der Waals surface area contributed by atoms with Gasteiger partial charge in [0.15, 0.2) is 0 Å². The van der Waals surface area contributed by atoms with Crippen molar-refractivity contribution >= 4 is 17.8 Å². The van der Waals surface area contributed by atoms with E-state index in [1.54, 1.807) is 36.7 Å². The summed E-state index contributed by atoms with van der Waals surface area (Å²) >= 11 is 0. The molecule has 1 fully saturated rings. The Labute approximate surface area is 150 Å². The molecule has 1 aromatic heterocycles. The van der Waals surface area contributed by atoms with Crippen LogP contribution in [0.25, 0.3) is 0 Å². The molecule has 1 aliphatic carbocycles. The highest BCUT2D eigenvalue weighted by Gasteiger charge is 2.41. The maximum absolute atomic E-state index is 12.8. The van der Waals surface area contributed by atoms with Gasteiger partial charge in [0.2, 0.25) is 0 Å². The molecule has 6 nitrogen and oxygen atoms in total. The fourth-order valence-electron chi connectivity index (χ4n) is 3.81. The summed E-state index contributed by atoms with van der Waals surface area (Å²) in [5.74, 6) is -2.12. The molecule has 2 aromatic rings. The molecule has 0 N–H and O–H groups in total. The number of hydrogen-bond acceptors (Lipinski definition) is 5. The Hall–Kier alpha value is -3.02. The molecule has 2 amide bonds. The van der Waals surface area contributed by atoms with E-state index in [-0.39, 0.29) is 17.0 Å². The van der Waals surface area contributed by atoms with Crippen LogP contribution in [0.5, 0.6) is 0 Å². The highest BCUT2D eigenvalue weighted by molar-refractivity contribution is 6.20. The number of benzene rings is 1. The summed E-state index contributed by atoms with van der Waals surface area (Å²) in [6, 6.07) is 10.3. The predicted molar refractivity (Wildman–Crippen MR) is 92.0 cm³/mol. The van der Waals surface area contributed by atoms with Crippen molar-refractivity contribution in [3.05, 3.63) is 65.5 Å². The number of pyridine rings is 1. The summed E-state index contributed by atoms with van der Waals surface area (Å²) in [6.45, 7) is 0. The van der Waals surface area contributed by atoms with Crippen LogP contribution in [0.4, 0.5) is 0 Å². The molecule has 26 heavy (non-hydrogen) atoms. The zero-order valence-electron chi connectivity index (χ0n) is 14.1. The van der Waals surface area contributed by atoms with Crippen LogP contribution in [0.1, 0.15) is 57.9 Å². The van der Waals surface area contributed by atoms with Crippen LogP contribution in [0.15, 0.2) is 48.8 Å². The van der Waals surface area contributed by atoms with Gasteiger partial charge in [-0.1, -0.05) is 36.1 Å². The molecule has 0 bridgehead atoms. The summed E-state index contributed by atoms with van der Waals surface area (Å²) in [7, 11) is 0. The summed E-state index contributed by atoms with van der Waals surface area (Å²) in [5, 5.41) is 0.599. The van der Waals surface area contributed by atoms with Crippen molar-refractivity contribution in [1.29, 1.82) is 0 Å². The van der Waals surface area contributed by atoms with Crippen LogP contribution in [0, 0.1) is 5.92 Å². The second-order valence-electron chi connectivity index (χ2n) is 6.64. The van der Waals surface area contributed by atoms with Crippen LogP contribution in [-0.4, -0.2) is 27.8 Å². The third kappa shape index (κ3) is 2.77. The molecule has 2 aliphatic rings. The smallest absolute Gasteiger partial charge is 0.329 e. The Balaban J connectivity index is 1.54. The number of carbonyl (C=O) groups excluding carboxylic acids is 3. The number of amides is 2. The average Bonchev–Trinajstić information content (AvgIpc) is 2.94. The van der Waals surface area contributed by atoms with Crippen molar-refractivity contribution in [2.24, 2.45) is 5.92 Å². The largest absolute Gasteiger partial charge is 0.336 e. The Bertz CT molecular complexity index is 830. The predicted octanol–water partition coefficient (Wildman–Crippen LogP) is 3.11. The van der Waals surface area contributed by atoms with Crippen LogP contribution < -0.4 is 0 Å². The molecule has 0 radical (unpaired) electrons. The van der Waals surface area contributed by atoms with Crippen LogP contribution in [-0.2, 0) is 9.63 Å². The van der Waals surface area contributed by atoms with Crippen molar-refractivity contribution in [2.45, 2.75) is 31.6 Å². The monoisotopic (exact) mass is 350 g/mol. The van der Waals surface area contributed by atoms with Gasteiger partial charge < -0.3 is 4.84 Å². The quantitative estimate of drug-likeness (QED) is 0.795. The second kappa shape index (κ2) is 6.71. The maximum Gasteiger partial charge on any atom is 0.336 e. The minimum absolute atomic E-state index is 0.0138. The maximum atomic E-state index is 12.8. The minimum atomic E-state index is -0.590. The van der Waals surface area contributed by atoms with Gasteiger partial charge in [-0.3, -0.25) is 14.6 Å². The summed E-state index contributed by atoms with van der Waals surface area (Å²) in [5.41, 5.74) is 1.51. The number of fused-ring (bicyclic) bond motifs is 1. The van der Waals surface area contributed by atoms with Gasteiger partial charge in [-0.05, 0) is 42.5 Å². The highest BCUT2D eigenvalue weighted by Crippen LogP contribution is 2.38. The van der Waals surface area contributed by atoms with Crippen LogP contribution in [0.2, 0.25) is 0 Å². The van der Waals surface area contributed by atoms with Crippen molar-refractivity contribution < 1.29 is 19.2 Å². The standard InChI is InChI=1S/C20H18N2O4/c23-18-15-8-2-3-9-16(15)19(24)22(18)26-20(25)17-10-4-1-7-14(17)13-6-5-11-21-12-13/h2-3,5-6,8-9,11-12,14,17H,1,4,7,10H2. The lowest BCUT2D eigenvalue weighted by Gasteiger charge is -2.30. The van der Waals surface area contributed by atoms with E-state index >= 15 is 0 Å². The molecular formula is C20H18N2O4. The molecular weight excluding hydrogens is 332 g/mol. The minimum Gasteiger partial charge on any atom is -0.329 e. The van der Waals surface area contributed by atoms with Crippen LogP contribution >= 0.6 is 0 Å². The van der Waals surface area contributed by atoms with Gasteiger partial charge in [0, 0.05) is 12.4 Å². The molecule has 4 rings (SSSR count). The molecule has 6 heteroatoms. The van der Waals surface area contributed by atoms with E-state index in [1.807, 2.05) is 12.1 Å². The number of hydroxylamine groups is 2. The van der Waals surface area contributed by atoms with Crippen LogP contribution in [0.3, 0.4) is 0 Å². The van der Waals surface area contributed by atoms with Gasteiger partial charge in [-0.2, -0.15) is 0 Å². The molecule has 132 valence electrons. The Morgan fingerprint density at radius 2 is 1.69 bits per heavy atom. The van der Waals surface area contributed by atoms with Gasteiger partial charge >= 0.3 is 5.97 Å². The molecule has 2 heterocycles. The van der Waals surface area contributed by atoms with Gasteiger partial charge in [0.05, 0.1) is 17.0 Å². The topological polar surface area (TPSA) is 76.6 Å². The average molecular weight is 350 g/mol. The van der Waals surface area contributed by atoms with E-state index in [0.717, 1.165) is 24.8 Å². The zero-order chi connectivity index (χ0) is 18.1. The third-order valence-electron chi connectivity index (χ3n) is 5.12. The molecule has 0 saturated heterocycles. The molecule has 1 aliphatic heterocycles. The fourth-order valence-corrected chi connectivity index (χ4v) is 3.81. The number of rotatable bonds is 3. The van der Waals surface area contributed by atoms with Gasteiger partial charge in [-0.15, -0.1) is 0 Å². The molecule has 2 atom stereocenters. The second-order valence-corrected chi connectivity index (χ2v) is 6.64. The first-order valence-electron chi connectivity index (χ1n) is 8.76. The number of aromatic nitrogens is 1. The molecule has 2 unspecified atom stereocenters. The first-order chi connectivity index (χ1) is 12.7. The number of imide groups is 1. The molecule has 0 spiro atoms. The summed E-state index contributed by atoms with van der Waals surface area (Å²) < 4.78 is 0. The number of hydrogen-bond donors (Lipinski definition) is 0. The van der Waals surface area contributed by atoms with Gasteiger partial charge in [0.1, 0.15) is 0 Å². The first kappa shape index (κ1) is 16.4. The van der Waals surface area contributed by atoms with Crippen molar-refractivity contribution in [3.8, 4) is 0 Å². The highest BCUT2D eigenvalue weighted by atomic mass is 16.7. The van der Waals surface area contributed by atoms with Crippen molar-refractivity contribution in [2.75, 3.05) is 0 Å². The first-order valence-corrected chi connectivity index (χ1v) is 8.76. The molecule has 1 saturated carbocycles. The van der Waals surface area contributed by atoms with Crippen molar-refractivity contribution in [1.82, 2.24) is 10.0 Å². The Morgan fingerprint density at radius 3 is 2.35 bits per heavy atom.